The minimum absolute atomic E-state index is 0.425. The Hall–Kier alpha value is -7.23. The van der Waals surface area contributed by atoms with Crippen LogP contribution in [0.15, 0.2) is 200 Å². The highest BCUT2D eigenvalue weighted by atomic mass is 15.0. The summed E-state index contributed by atoms with van der Waals surface area (Å²) in [5.41, 5.74) is 17.3. The molecule has 55 heavy (non-hydrogen) atoms. The second kappa shape index (κ2) is 12.4. The van der Waals surface area contributed by atoms with Crippen LogP contribution in [0.1, 0.15) is 22.3 Å². The van der Waals surface area contributed by atoms with Gasteiger partial charge in [0.15, 0.2) is 17.5 Å². The summed E-state index contributed by atoms with van der Waals surface area (Å²) in [7, 11) is 0. The Labute approximate surface area is 320 Å². The van der Waals surface area contributed by atoms with Crippen molar-refractivity contribution in [2.75, 3.05) is 0 Å². The van der Waals surface area contributed by atoms with Gasteiger partial charge in [0.1, 0.15) is 0 Å². The lowest BCUT2D eigenvalue weighted by atomic mass is 9.70. The topological polar surface area (TPSA) is 38.7 Å². The standard InChI is InChI=1S/C52H33N3/c1-3-18-34(19-4-1)36-22-7-9-26-41(36)50-53-49(35-20-5-2-6-21-35)54-51(55-50)42-27-10-8-23-37(42)40-29-17-33-47-48(40)43-28-13-16-32-46(43)52(47)44-30-14-11-24-38(44)39-25-12-15-31-45(39)52/h1-33H. The Bertz CT molecular complexity index is 2890. The zero-order valence-corrected chi connectivity index (χ0v) is 29.9. The summed E-state index contributed by atoms with van der Waals surface area (Å²) in [4.78, 5) is 15.7. The van der Waals surface area contributed by atoms with Crippen molar-refractivity contribution in [1.29, 1.82) is 0 Å². The fraction of sp³-hybridized carbons (Fsp3) is 0.0192. The first-order valence-corrected chi connectivity index (χ1v) is 18.8. The van der Waals surface area contributed by atoms with Crippen LogP contribution in [0.2, 0.25) is 0 Å². The number of aromatic nitrogens is 3. The second-order valence-corrected chi connectivity index (χ2v) is 14.2. The van der Waals surface area contributed by atoms with Gasteiger partial charge in [0.05, 0.1) is 5.41 Å². The first-order valence-electron chi connectivity index (χ1n) is 18.8. The maximum absolute atomic E-state index is 5.32. The Morgan fingerprint density at radius 2 is 0.618 bits per heavy atom. The first kappa shape index (κ1) is 31.3. The molecule has 1 aromatic heterocycles. The maximum Gasteiger partial charge on any atom is 0.164 e. The van der Waals surface area contributed by atoms with Crippen LogP contribution in [0.25, 0.3) is 78.7 Å². The lowest BCUT2D eigenvalue weighted by molar-refractivity contribution is 0.794. The number of rotatable bonds is 5. The summed E-state index contributed by atoms with van der Waals surface area (Å²) in [5.74, 6) is 1.91. The molecule has 9 aromatic rings. The molecule has 1 spiro atoms. The van der Waals surface area contributed by atoms with Gasteiger partial charge in [0, 0.05) is 16.7 Å². The molecule has 0 bridgehead atoms. The SMILES string of the molecule is c1ccc(-c2nc(-c3ccccc3-c3ccccc3)nc(-c3ccccc3-c3cccc4c3-c3ccccc3C43c4ccccc4-c4ccccc43)n2)cc1. The van der Waals surface area contributed by atoms with E-state index in [9.17, 15) is 0 Å². The molecule has 2 aliphatic rings. The molecule has 0 amide bonds. The van der Waals surface area contributed by atoms with Gasteiger partial charge in [-0.2, -0.15) is 0 Å². The summed E-state index contributed by atoms with van der Waals surface area (Å²) in [6, 6.07) is 71.4. The van der Waals surface area contributed by atoms with Crippen LogP contribution in [-0.2, 0) is 5.41 Å². The molecule has 3 nitrogen and oxygen atoms in total. The molecule has 8 aromatic carbocycles. The van der Waals surface area contributed by atoms with Crippen molar-refractivity contribution in [1.82, 2.24) is 15.0 Å². The summed E-state index contributed by atoms with van der Waals surface area (Å²) in [6.45, 7) is 0. The summed E-state index contributed by atoms with van der Waals surface area (Å²) >= 11 is 0. The van der Waals surface area contributed by atoms with E-state index in [4.69, 9.17) is 15.0 Å². The molecule has 0 N–H and O–H groups in total. The Morgan fingerprint density at radius 1 is 0.236 bits per heavy atom. The van der Waals surface area contributed by atoms with E-state index in [0.717, 1.165) is 38.9 Å². The Morgan fingerprint density at radius 3 is 1.22 bits per heavy atom. The van der Waals surface area contributed by atoms with Crippen molar-refractivity contribution in [2.45, 2.75) is 5.41 Å². The molecule has 0 unspecified atom stereocenters. The molecule has 3 heteroatoms. The summed E-state index contributed by atoms with van der Waals surface area (Å²) in [5, 5.41) is 0. The Kier molecular flexibility index (Phi) is 7.08. The van der Waals surface area contributed by atoms with Gasteiger partial charge in [-0.25, -0.2) is 15.0 Å². The van der Waals surface area contributed by atoms with Crippen LogP contribution < -0.4 is 0 Å². The molecule has 256 valence electrons. The quantitative estimate of drug-likeness (QED) is 0.179. The van der Waals surface area contributed by atoms with E-state index in [1.54, 1.807) is 0 Å². The van der Waals surface area contributed by atoms with Crippen molar-refractivity contribution in [3.05, 3.63) is 222 Å². The maximum atomic E-state index is 5.32. The highest BCUT2D eigenvalue weighted by molar-refractivity contribution is 6.01. The van der Waals surface area contributed by atoms with Gasteiger partial charge in [0.25, 0.3) is 0 Å². The molecule has 0 fully saturated rings. The molecule has 0 saturated carbocycles. The first-order chi connectivity index (χ1) is 27.3. The highest BCUT2D eigenvalue weighted by Crippen LogP contribution is 2.64. The van der Waals surface area contributed by atoms with Crippen LogP contribution in [-0.4, -0.2) is 15.0 Å². The van der Waals surface area contributed by atoms with E-state index in [2.05, 4.69) is 176 Å². The van der Waals surface area contributed by atoms with Crippen molar-refractivity contribution in [3.63, 3.8) is 0 Å². The number of fused-ring (bicyclic) bond motifs is 10. The van der Waals surface area contributed by atoms with Crippen molar-refractivity contribution in [2.24, 2.45) is 0 Å². The molecule has 0 radical (unpaired) electrons. The fourth-order valence-corrected chi connectivity index (χ4v) is 9.16. The van der Waals surface area contributed by atoms with Crippen LogP contribution in [0, 0.1) is 0 Å². The highest BCUT2D eigenvalue weighted by Gasteiger charge is 2.52. The molecule has 0 atom stereocenters. The summed E-state index contributed by atoms with van der Waals surface area (Å²) < 4.78 is 0. The van der Waals surface area contributed by atoms with E-state index in [0.29, 0.717) is 17.5 Å². The lowest BCUT2D eigenvalue weighted by Crippen LogP contribution is -2.25. The van der Waals surface area contributed by atoms with Crippen molar-refractivity contribution < 1.29 is 0 Å². The minimum Gasteiger partial charge on any atom is -0.208 e. The third kappa shape index (κ3) is 4.66. The van der Waals surface area contributed by atoms with Crippen LogP contribution in [0.4, 0.5) is 0 Å². The molecular formula is C52H33N3. The number of benzene rings is 8. The molecule has 2 aliphatic carbocycles. The normalized spacial score (nSPS) is 12.9. The van der Waals surface area contributed by atoms with Gasteiger partial charge in [0.2, 0.25) is 0 Å². The third-order valence-corrected chi connectivity index (χ3v) is 11.4. The van der Waals surface area contributed by atoms with Gasteiger partial charge in [-0.15, -0.1) is 0 Å². The van der Waals surface area contributed by atoms with E-state index < -0.39 is 5.41 Å². The zero-order chi connectivity index (χ0) is 36.3. The summed E-state index contributed by atoms with van der Waals surface area (Å²) in [6.07, 6.45) is 0. The van der Waals surface area contributed by atoms with E-state index in [1.807, 2.05) is 24.3 Å². The van der Waals surface area contributed by atoms with Crippen LogP contribution in [0.3, 0.4) is 0 Å². The second-order valence-electron chi connectivity index (χ2n) is 14.2. The van der Waals surface area contributed by atoms with E-state index in [-0.39, 0.29) is 0 Å². The monoisotopic (exact) mass is 699 g/mol. The van der Waals surface area contributed by atoms with Crippen molar-refractivity contribution >= 4 is 0 Å². The van der Waals surface area contributed by atoms with Gasteiger partial charge in [-0.3, -0.25) is 0 Å². The largest absolute Gasteiger partial charge is 0.208 e. The average molecular weight is 700 g/mol. The predicted molar refractivity (Wildman–Crippen MR) is 223 cm³/mol. The van der Waals surface area contributed by atoms with E-state index >= 15 is 0 Å². The zero-order valence-electron chi connectivity index (χ0n) is 29.9. The molecule has 1 heterocycles. The van der Waals surface area contributed by atoms with Crippen LogP contribution in [0.5, 0.6) is 0 Å². The van der Waals surface area contributed by atoms with E-state index in [1.165, 1.54) is 44.5 Å². The third-order valence-electron chi connectivity index (χ3n) is 11.4. The van der Waals surface area contributed by atoms with Crippen LogP contribution >= 0.6 is 0 Å². The van der Waals surface area contributed by atoms with Gasteiger partial charge < -0.3 is 0 Å². The van der Waals surface area contributed by atoms with Gasteiger partial charge in [-0.1, -0.05) is 200 Å². The molecular weight excluding hydrogens is 667 g/mol. The molecule has 0 aliphatic heterocycles. The lowest BCUT2D eigenvalue weighted by Gasteiger charge is -2.30. The Balaban J connectivity index is 1.16. The number of hydrogen-bond donors (Lipinski definition) is 0. The molecule has 11 rings (SSSR count). The predicted octanol–water partition coefficient (Wildman–Crippen LogP) is 12.6. The number of hydrogen-bond acceptors (Lipinski definition) is 3. The molecule has 0 saturated heterocycles. The number of nitrogens with zero attached hydrogens (tertiary/aromatic N) is 3. The van der Waals surface area contributed by atoms with Gasteiger partial charge >= 0.3 is 0 Å². The minimum atomic E-state index is -0.425. The smallest absolute Gasteiger partial charge is 0.164 e. The fourth-order valence-electron chi connectivity index (χ4n) is 9.16. The van der Waals surface area contributed by atoms with Gasteiger partial charge in [-0.05, 0) is 66.8 Å². The van der Waals surface area contributed by atoms with Crippen molar-refractivity contribution in [3.8, 4) is 78.7 Å². The average Bonchev–Trinajstić information content (AvgIpc) is 3.74.